The predicted molar refractivity (Wildman–Crippen MR) is 103 cm³/mol. The third-order valence-electron chi connectivity index (χ3n) is 5.13. The van der Waals surface area contributed by atoms with E-state index in [1.165, 1.54) is 0 Å². The SMILES string of the molecule is Cn1c(Cn2ccnc2)nnc1[C@H]1CCCN(C(=O)OCc2ccccc2)C1. The van der Waals surface area contributed by atoms with Gasteiger partial charge in [-0.25, -0.2) is 9.78 Å². The Morgan fingerprint density at radius 2 is 2.11 bits per heavy atom. The Bertz CT molecular complexity index is 906. The lowest BCUT2D eigenvalue weighted by atomic mass is 9.97. The second-order valence-corrected chi connectivity index (χ2v) is 7.09. The fourth-order valence-electron chi connectivity index (χ4n) is 3.58. The van der Waals surface area contributed by atoms with Crippen LogP contribution in [-0.4, -0.2) is 48.4 Å². The molecule has 0 unspecified atom stereocenters. The van der Waals surface area contributed by atoms with Crippen LogP contribution in [0.3, 0.4) is 0 Å². The minimum absolute atomic E-state index is 0.159. The molecule has 1 saturated heterocycles. The van der Waals surface area contributed by atoms with Crippen molar-refractivity contribution in [2.24, 2.45) is 7.05 Å². The van der Waals surface area contributed by atoms with Crippen LogP contribution in [0.15, 0.2) is 49.1 Å². The Labute approximate surface area is 163 Å². The molecule has 1 amide bonds. The topological polar surface area (TPSA) is 78.1 Å². The minimum atomic E-state index is -0.269. The van der Waals surface area contributed by atoms with Crippen molar-refractivity contribution in [1.82, 2.24) is 29.2 Å². The molecule has 1 atom stereocenters. The summed E-state index contributed by atoms with van der Waals surface area (Å²) in [5.74, 6) is 1.94. The summed E-state index contributed by atoms with van der Waals surface area (Å²) in [5.41, 5.74) is 0.988. The van der Waals surface area contributed by atoms with Gasteiger partial charge < -0.3 is 18.8 Å². The summed E-state index contributed by atoms with van der Waals surface area (Å²) >= 11 is 0. The number of ether oxygens (including phenoxy) is 1. The first-order valence-electron chi connectivity index (χ1n) is 9.50. The lowest BCUT2D eigenvalue weighted by molar-refractivity contribution is 0.0851. The van der Waals surface area contributed by atoms with Gasteiger partial charge in [-0.15, -0.1) is 10.2 Å². The van der Waals surface area contributed by atoms with Gasteiger partial charge in [0.1, 0.15) is 12.4 Å². The number of nitrogens with zero attached hydrogens (tertiary/aromatic N) is 6. The summed E-state index contributed by atoms with van der Waals surface area (Å²) in [6, 6.07) is 9.73. The second kappa shape index (κ2) is 8.24. The summed E-state index contributed by atoms with van der Waals surface area (Å²) in [4.78, 5) is 18.3. The fraction of sp³-hybridized carbons (Fsp3) is 0.400. The van der Waals surface area contributed by atoms with Gasteiger partial charge in [0.15, 0.2) is 5.82 Å². The Balaban J connectivity index is 1.38. The molecule has 8 heteroatoms. The fourth-order valence-corrected chi connectivity index (χ4v) is 3.58. The van der Waals surface area contributed by atoms with Gasteiger partial charge in [0, 0.05) is 38.4 Å². The molecule has 3 heterocycles. The van der Waals surface area contributed by atoms with Crippen LogP contribution in [0.2, 0.25) is 0 Å². The third kappa shape index (κ3) is 4.05. The van der Waals surface area contributed by atoms with Crippen LogP contribution in [0.4, 0.5) is 4.79 Å². The molecule has 1 aliphatic heterocycles. The van der Waals surface area contributed by atoms with Crippen LogP contribution in [0, 0.1) is 0 Å². The molecule has 28 heavy (non-hydrogen) atoms. The summed E-state index contributed by atoms with van der Waals surface area (Å²) in [6.07, 6.45) is 7.05. The quantitative estimate of drug-likeness (QED) is 0.680. The average molecular weight is 380 g/mol. The normalized spacial score (nSPS) is 16.9. The summed E-state index contributed by atoms with van der Waals surface area (Å²) < 4.78 is 9.48. The molecule has 8 nitrogen and oxygen atoms in total. The number of imidazole rings is 1. The van der Waals surface area contributed by atoms with E-state index in [2.05, 4.69) is 15.2 Å². The van der Waals surface area contributed by atoms with Gasteiger partial charge in [0.2, 0.25) is 0 Å². The van der Waals surface area contributed by atoms with Crippen LogP contribution in [0.1, 0.15) is 36.0 Å². The van der Waals surface area contributed by atoms with Crippen molar-refractivity contribution in [3.63, 3.8) is 0 Å². The average Bonchev–Trinajstić information content (AvgIpc) is 3.38. The number of carbonyl (C=O) groups excluding carboxylic acids is 1. The molecule has 0 N–H and O–H groups in total. The van der Waals surface area contributed by atoms with Crippen LogP contribution in [0.5, 0.6) is 0 Å². The molecule has 3 aromatic rings. The Hall–Kier alpha value is -3.16. The number of hydrogen-bond acceptors (Lipinski definition) is 5. The first-order valence-corrected chi connectivity index (χ1v) is 9.50. The molecule has 2 aromatic heterocycles. The first kappa shape index (κ1) is 18.2. The molecular weight excluding hydrogens is 356 g/mol. The number of hydrogen-bond donors (Lipinski definition) is 0. The van der Waals surface area contributed by atoms with Crippen LogP contribution >= 0.6 is 0 Å². The molecular formula is C20H24N6O2. The molecule has 0 aliphatic carbocycles. The van der Waals surface area contributed by atoms with Crippen LogP contribution in [0.25, 0.3) is 0 Å². The van der Waals surface area contributed by atoms with Gasteiger partial charge in [0.25, 0.3) is 0 Å². The van der Waals surface area contributed by atoms with E-state index < -0.39 is 0 Å². The van der Waals surface area contributed by atoms with Gasteiger partial charge in [-0.1, -0.05) is 30.3 Å². The number of amides is 1. The zero-order chi connectivity index (χ0) is 19.3. The Morgan fingerprint density at radius 3 is 2.89 bits per heavy atom. The van der Waals surface area contributed by atoms with E-state index in [9.17, 15) is 4.79 Å². The van der Waals surface area contributed by atoms with Crippen molar-refractivity contribution in [2.75, 3.05) is 13.1 Å². The molecule has 0 spiro atoms. The smallest absolute Gasteiger partial charge is 0.410 e. The lowest BCUT2D eigenvalue weighted by Crippen LogP contribution is -2.40. The van der Waals surface area contributed by atoms with Gasteiger partial charge in [-0.3, -0.25) is 0 Å². The van der Waals surface area contributed by atoms with Crippen molar-refractivity contribution >= 4 is 6.09 Å². The molecule has 0 radical (unpaired) electrons. The van der Waals surface area contributed by atoms with Gasteiger partial charge in [0.05, 0.1) is 12.9 Å². The lowest BCUT2D eigenvalue weighted by Gasteiger charge is -2.31. The molecule has 4 rings (SSSR count). The van der Waals surface area contributed by atoms with Crippen molar-refractivity contribution in [2.45, 2.75) is 31.9 Å². The number of rotatable bonds is 5. The number of piperidine rings is 1. The van der Waals surface area contributed by atoms with Gasteiger partial charge in [-0.2, -0.15) is 0 Å². The molecule has 0 saturated carbocycles. The van der Waals surface area contributed by atoms with Crippen LogP contribution < -0.4 is 0 Å². The van der Waals surface area contributed by atoms with E-state index in [0.29, 0.717) is 26.2 Å². The van der Waals surface area contributed by atoms with E-state index in [1.807, 2.05) is 52.7 Å². The van der Waals surface area contributed by atoms with E-state index in [4.69, 9.17) is 4.74 Å². The molecule has 1 fully saturated rings. The summed E-state index contributed by atoms with van der Waals surface area (Å²) in [7, 11) is 1.98. The predicted octanol–water partition coefficient (Wildman–Crippen LogP) is 2.58. The van der Waals surface area contributed by atoms with E-state index in [-0.39, 0.29) is 12.0 Å². The van der Waals surface area contributed by atoms with Crippen molar-refractivity contribution in [3.8, 4) is 0 Å². The van der Waals surface area contributed by atoms with E-state index in [0.717, 1.165) is 30.1 Å². The maximum absolute atomic E-state index is 12.5. The molecule has 1 aromatic carbocycles. The zero-order valence-corrected chi connectivity index (χ0v) is 15.9. The molecule has 1 aliphatic rings. The number of carbonyl (C=O) groups is 1. The maximum Gasteiger partial charge on any atom is 0.410 e. The molecule has 146 valence electrons. The minimum Gasteiger partial charge on any atom is -0.445 e. The van der Waals surface area contributed by atoms with E-state index >= 15 is 0 Å². The third-order valence-corrected chi connectivity index (χ3v) is 5.13. The highest BCUT2D eigenvalue weighted by molar-refractivity contribution is 5.67. The van der Waals surface area contributed by atoms with Crippen LogP contribution in [-0.2, 0) is 24.9 Å². The Morgan fingerprint density at radius 1 is 1.25 bits per heavy atom. The first-order chi connectivity index (χ1) is 13.7. The number of benzene rings is 1. The zero-order valence-electron chi connectivity index (χ0n) is 15.9. The molecule has 0 bridgehead atoms. The highest BCUT2D eigenvalue weighted by atomic mass is 16.6. The summed E-state index contributed by atoms with van der Waals surface area (Å²) in [6.45, 7) is 2.23. The van der Waals surface area contributed by atoms with Crippen molar-refractivity contribution < 1.29 is 9.53 Å². The van der Waals surface area contributed by atoms with E-state index in [1.54, 1.807) is 17.4 Å². The highest BCUT2D eigenvalue weighted by Gasteiger charge is 2.29. The number of aromatic nitrogens is 5. The highest BCUT2D eigenvalue weighted by Crippen LogP contribution is 2.26. The standard InChI is InChI=1S/C20H24N6O2/c1-24-18(13-25-11-9-21-15-25)22-23-19(24)17-8-5-10-26(12-17)20(27)28-14-16-6-3-2-4-7-16/h2-4,6-7,9,11,15,17H,5,8,10,12-14H2,1H3/t17-/m0/s1. The maximum atomic E-state index is 12.5. The monoisotopic (exact) mass is 380 g/mol. The van der Waals surface area contributed by atoms with Crippen molar-refractivity contribution in [1.29, 1.82) is 0 Å². The van der Waals surface area contributed by atoms with Gasteiger partial charge in [-0.05, 0) is 18.4 Å². The number of likely N-dealkylation sites (tertiary alicyclic amines) is 1. The summed E-state index contributed by atoms with van der Waals surface area (Å²) in [5, 5.41) is 8.75. The Kier molecular flexibility index (Phi) is 5.36. The van der Waals surface area contributed by atoms with Crippen molar-refractivity contribution in [3.05, 3.63) is 66.3 Å². The van der Waals surface area contributed by atoms with Gasteiger partial charge >= 0.3 is 6.09 Å². The largest absolute Gasteiger partial charge is 0.445 e. The second-order valence-electron chi connectivity index (χ2n) is 7.09.